The molecule has 0 nitrogen and oxygen atoms in total. The van der Waals surface area contributed by atoms with E-state index < -0.39 is 0 Å². The third-order valence-electron chi connectivity index (χ3n) is 0.289. The summed E-state index contributed by atoms with van der Waals surface area (Å²) in [6.07, 6.45) is 1.88. The summed E-state index contributed by atoms with van der Waals surface area (Å²) >= 11 is 2.06. The molecule has 0 fully saturated rings. The Morgan fingerprint density at radius 1 is 1.80 bits per heavy atom. The van der Waals surface area contributed by atoms with Crippen LogP contribution in [0.2, 0.25) is 5.09 Å². The molecule has 0 N–H and O–H groups in total. The van der Waals surface area contributed by atoms with Crippen LogP contribution in [-0.2, 0) is 0 Å². The molecule has 0 aromatic rings. The Hall–Kier alpha value is 1.97. The van der Waals surface area contributed by atoms with E-state index in [4.69, 9.17) is 0 Å². The molecule has 0 spiro atoms. The van der Waals surface area contributed by atoms with Gasteiger partial charge in [-0.2, -0.15) is 0 Å². The van der Waals surface area contributed by atoms with Crippen molar-refractivity contribution in [2.24, 2.45) is 0 Å². The number of hydrogen-bond acceptors (Lipinski definition) is 0. The van der Waals surface area contributed by atoms with Crippen LogP contribution >= 0.6 is 0 Å². The van der Waals surface area contributed by atoms with Crippen LogP contribution < -0.4 is 0 Å². The van der Waals surface area contributed by atoms with Gasteiger partial charge in [-0.15, -0.1) is 0 Å². The molecule has 2 heteroatoms. The Morgan fingerprint density at radius 3 is 2.00 bits per heavy atom. The monoisotopic (exact) mass is 87.0 g/mol. The third-order valence-corrected chi connectivity index (χ3v) is 0.289. The zero-order chi connectivity index (χ0) is 3.41. The summed E-state index contributed by atoms with van der Waals surface area (Å²) in [7, 11) is 0. The van der Waals surface area contributed by atoms with E-state index >= 15 is 0 Å². The van der Waals surface area contributed by atoms with Crippen LogP contribution in [0.5, 0.6) is 0 Å². The van der Waals surface area contributed by atoms with Gasteiger partial charge in [0.25, 0.3) is 0 Å². The molecule has 5 heavy (non-hydrogen) atoms. The standard InChI is InChI=1S/C3H5.K.Li/c1-3-2;;/h3H,1-2H2;;. The summed E-state index contributed by atoms with van der Waals surface area (Å²) in [5, 5.41) is 1.08. The first-order valence-corrected chi connectivity index (χ1v) is 1.52. The molecule has 0 saturated heterocycles. The second-order valence-corrected chi connectivity index (χ2v) is 0.697. The molecule has 0 aliphatic carbocycles. The Balaban J connectivity index is 0. The van der Waals surface area contributed by atoms with Gasteiger partial charge in [0.15, 0.2) is 0 Å². The van der Waals surface area contributed by atoms with E-state index in [1.54, 1.807) is 0 Å². The molecule has 0 aromatic heterocycles. The van der Waals surface area contributed by atoms with Crippen LogP contribution in [0.4, 0.5) is 0 Å². The van der Waals surface area contributed by atoms with Gasteiger partial charge in [0.2, 0.25) is 0 Å². The SMILES string of the molecule is [K].[Li][CH2]C=C. The average molecular weight is 87.1 g/mol. The quantitative estimate of drug-likeness (QED) is 0.320. The maximum atomic E-state index is 3.48. The van der Waals surface area contributed by atoms with Gasteiger partial charge < -0.3 is 0 Å². The van der Waals surface area contributed by atoms with Crippen LogP contribution in [0.3, 0.4) is 0 Å². The second-order valence-electron chi connectivity index (χ2n) is 0.697. The topological polar surface area (TPSA) is 0 Å². The van der Waals surface area contributed by atoms with E-state index in [2.05, 4.69) is 24.3 Å². The van der Waals surface area contributed by atoms with Crippen molar-refractivity contribution in [1.29, 1.82) is 0 Å². The van der Waals surface area contributed by atoms with Gasteiger partial charge in [0.05, 0.1) is 0 Å². The predicted octanol–water partition coefficient (Wildman–Crippen LogP) is 0.378. The first-order valence-electron chi connectivity index (χ1n) is 1.52. The molecule has 19 valence electrons. The molecular weight excluding hydrogens is 82.1 g/mol. The van der Waals surface area contributed by atoms with Crippen LogP contribution in [0.25, 0.3) is 0 Å². The van der Waals surface area contributed by atoms with E-state index in [1.165, 1.54) is 0 Å². The fourth-order valence-electron chi connectivity index (χ4n) is 0. The minimum atomic E-state index is 0. The van der Waals surface area contributed by atoms with Crippen molar-refractivity contribution in [2.75, 3.05) is 0 Å². The van der Waals surface area contributed by atoms with Gasteiger partial charge in [0, 0.05) is 51.4 Å². The van der Waals surface area contributed by atoms with Crippen molar-refractivity contribution in [1.82, 2.24) is 0 Å². The van der Waals surface area contributed by atoms with Crippen molar-refractivity contribution >= 4 is 69.1 Å². The maximum absolute atomic E-state index is 3.48. The summed E-state index contributed by atoms with van der Waals surface area (Å²) in [6.45, 7) is 3.48. The molecule has 1 radical (unpaired) electrons. The summed E-state index contributed by atoms with van der Waals surface area (Å²) in [4.78, 5) is 0. The first-order chi connectivity index (χ1) is 1.91. The Kier molecular flexibility index (Phi) is 18.8. The van der Waals surface area contributed by atoms with Crippen LogP contribution in [0.15, 0.2) is 12.7 Å². The summed E-state index contributed by atoms with van der Waals surface area (Å²) < 4.78 is 0. The van der Waals surface area contributed by atoms with Gasteiger partial charge in [-0.1, -0.05) is 0 Å². The second kappa shape index (κ2) is 9.36. The molecule has 0 aliphatic rings. The first kappa shape index (κ1) is 10.1. The zero-order valence-corrected chi connectivity index (χ0v) is 7.11. The summed E-state index contributed by atoms with van der Waals surface area (Å²) in [5.74, 6) is 0. The van der Waals surface area contributed by atoms with Crippen molar-refractivity contribution in [3.63, 3.8) is 0 Å². The van der Waals surface area contributed by atoms with E-state index in [0.717, 1.165) is 5.09 Å². The van der Waals surface area contributed by atoms with Crippen molar-refractivity contribution in [3.05, 3.63) is 12.7 Å². The van der Waals surface area contributed by atoms with Gasteiger partial charge >= 0.3 is 35.5 Å². The zero-order valence-electron chi connectivity index (χ0n) is 3.99. The molecule has 0 aliphatic heterocycles. The molecule has 0 saturated carbocycles. The Bertz CT molecular complexity index is 20.9. The van der Waals surface area contributed by atoms with Crippen molar-refractivity contribution in [3.8, 4) is 0 Å². The number of allylic oxidation sites excluding steroid dienone is 1. The molecule has 0 rings (SSSR count). The van der Waals surface area contributed by atoms with Gasteiger partial charge in [-0.3, -0.25) is 0 Å². The number of hydrogen-bond donors (Lipinski definition) is 0. The van der Waals surface area contributed by atoms with E-state index in [1.807, 2.05) is 6.08 Å². The van der Waals surface area contributed by atoms with Crippen LogP contribution in [0, 0.1) is 0 Å². The molecule has 0 amide bonds. The third kappa shape index (κ3) is 10.7. The molecule has 0 atom stereocenters. The van der Waals surface area contributed by atoms with Gasteiger partial charge in [-0.25, -0.2) is 0 Å². The van der Waals surface area contributed by atoms with Gasteiger partial charge in [0.1, 0.15) is 0 Å². The molecule has 0 aromatic carbocycles. The van der Waals surface area contributed by atoms with Crippen LogP contribution in [0.1, 0.15) is 0 Å². The molecule has 0 unspecified atom stereocenters. The van der Waals surface area contributed by atoms with Crippen LogP contribution in [-0.4, -0.2) is 69.1 Å². The minimum absolute atomic E-state index is 0. The van der Waals surface area contributed by atoms with E-state index in [0.29, 0.717) is 0 Å². The van der Waals surface area contributed by atoms with Crippen molar-refractivity contribution in [2.45, 2.75) is 5.09 Å². The molecular formula is C3H5KLi. The van der Waals surface area contributed by atoms with Crippen molar-refractivity contribution < 1.29 is 0 Å². The van der Waals surface area contributed by atoms with E-state index in [9.17, 15) is 0 Å². The predicted molar refractivity (Wildman–Crippen MR) is 26.5 cm³/mol. The molecule has 0 heterocycles. The van der Waals surface area contributed by atoms with E-state index in [-0.39, 0.29) is 51.4 Å². The average Bonchev–Trinajstić information content (AvgIpc) is 1.37. The summed E-state index contributed by atoms with van der Waals surface area (Å²) in [5.41, 5.74) is 0. The summed E-state index contributed by atoms with van der Waals surface area (Å²) in [6, 6.07) is 0. The normalized spacial score (nSPS) is 5.20. The Morgan fingerprint density at radius 2 is 2.00 bits per heavy atom. The Labute approximate surface area is 85.0 Å². The van der Waals surface area contributed by atoms with Gasteiger partial charge in [-0.05, 0) is 0 Å². The number of rotatable bonds is 1. The molecule has 0 bridgehead atoms. The fourth-order valence-corrected chi connectivity index (χ4v) is 0. The fraction of sp³-hybridized carbons (Fsp3) is 0.333.